The van der Waals surface area contributed by atoms with Crippen molar-refractivity contribution in [3.63, 3.8) is 0 Å². The lowest BCUT2D eigenvalue weighted by atomic mass is 9.98. The van der Waals surface area contributed by atoms with Crippen molar-refractivity contribution in [1.29, 1.82) is 0 Å². The van der Waals surface area contributed by atoms with Crippen LogP contribution >= 0.6 is 23.2 Å². The number of ether oxygens (including phenoxy) is 1. The molecule has 0 saturated carbocycles. The molecule has 3 rings (SSSR count). The van der Waals surface area contributed by atoms with Crippen molar-refractivity contribution in [3.8, 4) is 0 Å². The molecule has 1 aliphatic heterocycles. The van der Waals surface area contributed by atoms with E-state index < -0.39 is 28.3 Å². The quantitative estimate of drug-likeness (QED) is 0.516. The average molecular weight is 501 g/mol. The van der Waals surface area contributed by atoms with Crippen LogP contribution in [0.1, 0.15) is 30.4 Å². The number of halogens is 2. The second kappa shape index (κ2) is 11.0. The van der Waals surface area contributed by atoms with Gasteiger partial charge in [-0.05, 0) is 49.6 Å². The molecule has 10 heteroatoms. The van der Waals surface area contributed by atoms with Crippen LogP contribution in [-0.4, -0.2) is 44.3 Å². The highest BCUT2D eigenvalue weighted by Crippen LogP contribution is 2.24. The Morgan fingerprint density at radius 2 is 1.84 bits per heavy atom. The molecule has 1 fully saturated rings. The molecule has 1 saturated heterocycles. The Kier molecular flexibility index (Phi) is 8.55. The Balaban J connectivity index is 1.52. The zero-order chi connectivity index (χ0) is 23.3. The van der Waals surface area contributed by atoms with E-state index in [1.165, 1.54) is 12.1 Å². The molecule has 2 aromatic rings. The maximum Gasteiger partial charge on any atom is 0.240 e. The summed E-state index contributed by atoms with van der Waals surface area (Å²) in [5.74, 6) is -0.212. The van der Waals surface area contributed by atoms with Crippen molar-refractivity contribution >= 4 is 39.1 Å². The number of nitrogens with one attached hydrogen (secondary N) is 2. The third-order valence-electron chi connectivity index (χ3n) is 5.32. The van der Waals surface area contributed by atoms with Crippen molar-refractivity contribution < 1.29 is 23.1 Å². The molecule has 3 N–H and O–H groups in total. The Morgan fingerprint density at radius 1 is 1.12 bits per heavy atom. The standard InChI is InChI=1S/C22H26Cl2N2O5S/c1-14-2-6-17(7-3-14)32(29,30)26-20-9-5-16(31-21(20)13-27)11-22(28)25-12-15-4-8-18(23)19(24)10-15/h2-4,6-8,10,16,20-21,26-27H,5,9,11-13H2,1H3,(H,25,28)/t16-,20+,21+/m1/s1. The summed E-state index contributed by atoms with van der Waals surface area (Å²) in [6.07, 6.45) is -0.119. The molecule has 0 bridgehead atoms. The third-order valence-corrected chi connectivity index (χ3v) is 7.57. The van der Waals surface area contributed by atoms with Gasteiger partial charge in [0.1, 0.15) is 0 Å². The predicted octanol–water partition coefficient (Wildman–Crippen LogP) is 3.20. The van der Waals surface area contributed by atoms with E-state index in [-0.39, 0.29) is 23.8 Å². The number of carbonyl (C=O) groups excluding carboxylic acids is 1. The summed E-state index contributed by atoms with van der Waals surface area (Å²) < 4.78 is 33.8. The first-order chi connectivity index (χ1) is 15.2. The zero-order valence-electron chi connectivity index (χ0n) is 17.6. The first kappa shape index (κ1) is 25.0. The van der Waals surface area contributed by atoms with E-state index in [9.17, 15) is 18.3 Å². The average Bonchev–Trinajstić information content (AvgIpc) is 2.75. The van der Waals surface area contributed by atoms with Gasteiger partial charge in [0.2, 0.25) is 15.9 Å². The number of sulfonamides is 1. The summed E-state index contributed by atoms with van der Waals surface area (Å²) in [4.78, 5) is 12.5. The zero-order valence-corrected chi connectivity index (χ0v) is 19.9. The first-order valence-corrected chi connectivity index (χ1v) is 12.5. The summed E-state index contributed by atoms with van der Waals surface area (Å²) in [7, 11) is -3.75. The van der Waals surface area contributed by atoms with Gasteiger partial charge >= 0.3 is 0 Å². The maximum absolute atomic E-state index is 12.7. The van der Waals surface area contributed by atoms with E-state index in [4.69, 9.17) is 27.9 Å². The number of aliphatic hydroxyl groups is 1. The Labute approximate surface area is 198 Å². The van der Waals surface area contributed by atoms with Crippen LogP contribution in [0.25, 0.3) is 0 Å². The van der Waals surface area contributed by atoms with Gasteiger partial charge in [-0.3, -0.25) is 4.79 Å². The lowest BCUT2D eigenvalue weighted by molar-refractivity contribution is -0.130. The number of amides is 1. The number of aliphatic hydroxyl groups excluding tert-OH is 1. The van der Waals surface area contributed by atoms with Crippen molar-refractivity contribution in [2.45, 2.75) is 55.9 Å². The van der Waals surface area contributed by atoms with Crippen LogP contribution in [0.5, 0.6) is 0 Å². The van der Waals surface area contributed by atoms with Gasteiger partial charge in [0.05, 0.1) is 46.2 Å². The van der Waals surface area contributed by atoms with Gasteiger partial charge in [0.15, 0.2) is 0 Å². The third kappa shape index (κ3) is 6.66. The number of aryl methyl sites for hydroxylation is 1. The second-order valence-electron chi connectivity index (χ2n) is 7.83. The van der Waals surface area contributed by atoms with E-state index >= 15 is 0 Å². The number of hydrogen-bond acceptors (Lipinski definition) is 5. The van der Waals surface area contributed by atoms with Crippen LogP contribution in [0.2, 0.25) is 10.0 Å². The minimum absolute atomic E-state index is 0.106. The monoisotopic (exact) mass is 500 g/mol. The lowest BCUT2D eigenvalue weighted by Gasteiger charge is -2.35. The lowest BCUT2D eigenvalue weighted by Crippen LogP contribution is -2.51. The molecule has 0 aromatic heterocycles. The van der Waals surface area contributed by atoms with Crippen LogP contribution in [0.15, 0.2) is 47.4 Å². The molecule has 174 valence electrons. The molecular weight excluding hydrogens is 475 g/mol. The van der Waals surface area contributed by atoms with E-state index in [0.717, 1.165) is 11.1 Å². The molecular formula is C22H26Cl2N2O5S. The van der Waals surface area contributed by atoms with Gasteiger partial charge in [-0.1, -0.05) is 47.0 Å². The van der Waals surface area contributed by atoms with Crippen molar-refractivity contribution in [2.75, 3.05) is 6.61 Å². The molecule has 2 aromatic carbocycles. The largest absolute Gasteiger partial charge is 0.394 e. The highest BCUT2D eigenvalue weighted by atomic mass is 35.5. The summed E-state index contributed by atoms with van der Waals surface area (Å²) in [6.45, 7) is 1.81. The van der Waals surface area contributed by atoms with Gasteiger partial charge in [0, 0.05) is 6.54 Å². The highest BCUT2D eigenvalue weighted by Gasteiger charge is 2.34. The fraction of sp³-hybridized carbons (Fsp3) is 0.409. The van der Waals surface area contributed by atoms with E-state index in [2.05, 4.69) is 10.0 Å². The Morgan fingerprint density at radius 3 is 2.50 bits per heavy atom. The van der Waals surface area contributed by atoms with Crippen LogP contribution in [-0.2, 0) is 26.1 Å². The molecule has 0 spiro atoms. The Hall–Kier alpha value is -1.68. The van der Waals surface area contributed by atoms with Crippen LogP contribution in [0.4, 0.5) is 0 Å². The van der Waals surface area contributed by atoms with E-state index in [0.29, 0.717) is 29.4 Å². The van der Waals surface area contributed by atoms with Crippen LogP contribution in [0.3, 0.4) is 0 Å². The van der Waals surface area contributed by atoms with Crippen LogP contribution in [0, 0.1) is 6.92 Å². The van der Waals surface area contributed by atoms with Gasteiger partial charge in [-0.15, -0.1) is 0 Å². The van der Waals surface area contributed by atoms with Gasteiger partial charge < -0.3 is 15.2 Å². The van der Waals surface area contributed by atoms with Crippen molar-refractivity contribution in [1.82, 2.24) is 10.0 Å². The highest BCUT2D eigenvalue weighted by molar-refractivity contribution is 7.89. The topological polar surface area (TPSA) is 105 Å². The van der Waals surface area contributed by atoms with Crippen molar-refractivity contribution in [3.05, 3.63) is 63.6 Å². The molecule has 1 aliphatic rings. The number of rotatable bonds is 8. The second-order valence-corrected chi connectivity index (χ2v) is 10.4. The van der Waals surface area contributed by atoms with Gasteiger partial charge in [0.25, 0.3) is 0 Å². The first-order valence-electron chi connectivity index (χ1n) is 10.2. The smallest absolute Gasteiger partial charge is 0.240 e. The van der Waals surface area contributed by atoms with Crippen LogP contribution < -0.4 is 10.0 Å². The van der Waals surface area contributed by atoms with E-state index in [1.807, 2.05) is 6.92 Å². The minimum atomic E-state index is -3.75. The maximum atomic E-state index is 12.7. The molecule has 0 radical (unpaired) electrons. The molecule has 32 heavy (non-hydrogen) atoms. The number of benzene rings is 2. The minimum Gasteiger partial charge on any atom is -0.394 e. The normalized spacial score (nSPS) is 21.3. The van der Waals surface area contributed by atoms with Crippen molar-refractivity contribution in [2.24, 2.45) is 0 Å². The summed E-state index contributed by atoms with van der Waals surface area (Å²) in [5, 5.41) is 13.4. The fourth-order valence-electron chi connectivity index (χ4n) is 3.53. The molecule has 7 nitrogen and oxygen atoms in total. The SMILES string of the molecule is Cc1ccc(S(=O)(=O)N[C@H]2CC[C@H](CC(=O)NCc3ccc(Cl)c(Cl)c3)O[C@H]2CO)cc1. The summed E-state index contributed by atoms with van der Waals surface area (Å²) in [6, 6.07) is 11.1. The fourth-order valence-corrected chi connectivity index (χ4v) is 5.15. The van der Waals surface area contributed by atoms with Gasteiger partial charge in [-0.2, -0.15) is 0 Å². The van der Waals surface area contributed by atoms with E-state index in [1.54, 1.807) is 30.3 Å². The molecule has 1 amide bonds. The number of carbonyl (C=O) groups is 1. The predicted molar refractivity (Wildman–Crippen MR) is 123 cm³/mol. The summed E-state index contributed by atoms with van der Waals surface area (Å²) >= 11 is 11.9. The molecule has 1 heterocycles. The van der Waals surface area contributed by atoms with Gasteiger partial charge in [-0.25, -0.2) is 13.1 Å². The molecule has 3 atom stereocenters. The summed E-state index contributed by atoms with van der Waals surface area (Å²) in [5.41, 5.74) is 1.77. The molecule has 0 aliphatic carbocycles. The molecule has 0 unspecified atom stereocenters. The Bertz CT molecular complexity index is 1050. The number of hydrogen-bond donors (Lipinski definition) is 3.